The van der Waals surface area contributed by atoms with E-state index >= 15 is 0 Å². The van der Waals surface area contributed by atoms with Crippen LogP contribution in [0.3, 0.4) is 0 Å². The number of halogens is 1. The van der Waals surface area contributed by atoms with Gasteiger partial charge in [0.15, 0.2) is 9.84 Å². The number of hydrogen-bond acceptors (Lipinski definition) is 5. The molecule has 0 radical (unpaired) electrons. The van der Waals surface area contributed by atoms with Crippen molar-refractivity contribution in [1.82, 2.24) is 9.21 Å². The Balaban J connectivity index is 2.17. The molecule has 118 valence electrons. The van der Waals surface area contributed by atoms with Crippen LogP contribution in [0.2, 0.25) is 0 Å². The Morgan fingerprint density at radius 2 is 1.86 bits per heavy atom. The number of benzene rings is 1. The topological polar surface area (TPSA) is 40.6 Å². The standard InChI is InChI=1S/C14H21IN2O2S2/c1-3-12-9-17(20-15)10-13(16(12)2)11-21(18,19)14-7-5-4-6-8-14/h4-8,12-13H,3,9-11H2,1-2H3/t12-,13+/m0/s1. The van der Waals surface area contributed by atoms with E-state index in [9.17, 15) is 8.42 Å². The van der Waals surface area contributed by atoms with Gasteiger partial charge in [-0.3, -0.25) is 4.90 Å². The molecule has 0 aromatic heterocycles. The minimum atomic E-state index is -3.24. The summed E-state index contributed by atoms with van der Waals surface area (Å²) in [5.74, 6) is 0.178. The van der Waals surface area contributed by atoms with Crippen LogP contribution in [0.25, 0.3) is 0 Å². The molecule has 1 heterocycles. The van der Waals surface area contributed by atoms with Crippen molar-refractivity contribution in [2.45, 2.75) is 30.3 Å². The Labute approximate surface area is 143 Å². The summed E-state index contributed by atoms with van der Waals surface area (Å²) in [6.45, 7) is 3.93. The number of hydrogen-bond donors (Lipinski definition) is 0. The third kappa shape index (κ3) is 4.34. The van der Waals surface area contributed by atoms with E-state index in [4.69, 9.17) is 0 Å². The van der Waals surface area contributed by atoms with Crippen LogP contribution < -0.4 is 0 Å². The maximum atomic E-state index is 12.6. The first-order valence-electron chi connectivity index (χ1n) is 7.01. The number of piperazine rings is 1. The minimum Gasteiger partial charge on any atom is -0.297 e. The molecule has 0 unspecified atom stereocenters. The molecule has 0 spiro atoms. The van der Waals surface area contributed by atoms with Crippen LogP contribution in [-0.4, -0.2) is 55.6 Å². The highest BCUT2D eigenvalue weighted by Gasteiger charge is 2.34. The average molecular weight is 440 g/mol. The van der Waals surface area contributed by atoms with Crippen LogP contribution in [0.1, 0.15) is 13.3 Å². The van der Waals surface area contributed by atoms with Crippen molar-refractivity contribution in [2.75, 3.05) is 25.9 Å². The Morgan fingerprint density at radius 1 is 1.24 bits per heavy atom. The van der Waals surface area contributed by atoms with E-state index in [1.54, 1.807) is 33.4 Å². The second-order valence-corrected chi connectivity index (χ2v) is 9.26. The molecule has 0 aliphatic carbocycles. The summed E-state index contributed by atoms with van der Waals surface area (Å²) in [7, 11) is 0.488. The van der Waals surface area contributed by atoms with Crippen molar-refractivity contribution in [1.29, 1.82) is 0 Å². The van der Waals surface area contributed by atoms with Gasteiger partial charge in [-0.25, -0.2) is 12.7 Å². The molecule has 1 aromatic rings. The zero-order chi connectivity index (χ0) is 15.5. The van der Waals surface area contributed by atoms with E-state index in [-0.39, 0.29) is 11.8 Å². The molecule has 7 heteroatoms. The number of sulfone groups is 1. The first kappa shape index (κ1) is 17.5. The molecule has 1 saturated heterocycles. The Bertz CT molecular complexity index is 553. The molecule has 1 aromatic carbocycles. The maximum Gasteiger partial charge on any atom is 0.179 e. The van der Waals surface area contributed by atoms with Gasteiger partial charge in [-0.05, 0) is 34.7 Å². The molecule has 0 bridgehead atoms. The lowest BCUT2D eigenvalue weighted by molar-refractivity contribution is 0.100. The van der Waals surface area contributed by atoms with E-state index < -0.39 is 9.84 Å². The van der Waals surface area contributed by atoms with Crippen molar-refractivity contribution < 1.29 is 8.42 Å². The van der Waals surface area contributed by atoms with Crippen LogP contribution in [0.5, 0.6) is 0 Å². The molecule has 21 heavy (non-hydrogen) atoms. The number of nitrogens with zero attached hydrogens (tertiary/aromatic N) is 2. The van der Waals surface area contributed by atoms with Crippen molar-refractivity contribution in [3.05, 3.63) is 30.3 Å². The molecule has 2 atom stereocenters. The van der Waals surface area contributed by atoms with E-state index in [0.29, 0.717) is 10.9 Å². The third-order valence-corrected chi connectivity index (χ3v) is 8.04. The quantitative estimate of drug-likeness (QED) is 0.521. The van der Waals surface area contributed by atoms with Gasteiger partial charge in [0.05, 0.1) is 10.6 Å². The molecule has 0 amide bonds. The van der Waals surface area contributed by atoms with Crippen molar-refractivity contribution in [3.63, 3.8) is 0 Å². The van der Waals surface area contributed by atoms with E-state index in [0.717, 1.165) is 19.5 Å². The summed E-state index contributed by atoms with van der Waals surface area (Å²) < 4.78 is 27.4. The first-order chi connectivity index (χ1) is 9.97. The van der Waals surface area contributed by atoms with Gasteiger partial charge < -0.3 is 0 Å². The molecule has 1 fully saturated rings. The van der Waals surface area contributed by atoms with E-state index in [1.165, 1.54) is 0 Å². The lowest BCUT2D eigenvalue weighted by Gasteiger charge is -2.43. The second kappa shape index (κ2) is 7.63. The monoisotopic (exact) mass is 440 g/mol. The van der Waals surface area contributed by atoms with Crippen molar-refractivity contribution >= 4 is 40.2 Å². The van der Waals surface area contributed by atoms with Gasteiger partial charge in [-0.2, -0.15) is 0 Å². The van der Waals surface area contributed by atoms with Crippen molar-refractivity contribution in [3.8, 4) is 0 Å². The van der Waals surface area contributed by atoms with Crippen LogP contribution >= 0.6 is 30.3 Å². The SMILES string of the molecule is CC[C@H]1CN(SI)C[C@H](CS(=O)(=O)c2ccccc2)N1C. The molecule has 4 nitrogen and oxygen atoms in total. The summed E-state index contributed by atoms with van der Waals surface area (Å²) in [5, 5.41) is 0. The van der Waals surface area contributed by atoms with Crippen LogP contribution in [-0.2, 0) is 9.84 Å². The number of likely N-dealkylation sites (N-methyl/N-ethyl adjacent to an activating group) is 1. The second-order valence-electron chi connectivity index (χ2n) is 5.39. The fourth-order valence-corrected chi connectivity index (χ4v) is 5.75. The summed E-state index contributed by atoms with van der Waals surface area (Å²) in [4.78, 5) is 2.66. The van der Waals surface area contributed by atoms with E-state index in [2.05, 4.69) is 44.4 Å². The van der Waals surface area contributed by atoms with Gasteiger partial charge in [0, 0.05) is 46.4 Å². The van der Waals surface area contributed by atoms with Crippen LogP contribution in [0.4, 0.5) is 0 Å². The summed E-state index contributed by atoms with van der Waals surface area (Å²) in [6.07, 6.45) is 1.03. The first-order valence-corrected chi connectivity index (χ1v) is 12.0. The summed E-state index contributed by atoms with van der Waals surface area (Å²) in [6, 6.07) is 9.21. The third-order valence-electron chi connectivity index (χ3n) is 4.06. The molecule has 1 aliphatic rings. The van der Waals surface area contributed by atoms with Gasteiger partial charge >= 0.3 is 0 Å². The van der Waals surface area contributed by atoms with Crippen LogP contribution in [0.15, 0.2) is 35.2 Å². The Hall–Kier alpha value is 0.170. The summed E-state index contributed by atoms with van der Waals surface area (Å²) in [5.41, 5.74) is 0. The predicted octanol–water partition coefficient (Wildman–Crippen LogP) is 2.85. The van der Waals surface area contributed by atoms with Crippen LogP contribution in [0, 0.1) is 0 Å². The maximum absolute atomic E-state index is 12.6. The van der Waals surface area contributed by atoms with Gasteiger partial charge in [0.1, 0.15) is 0 Å². The smallest absolute Gasteiger partial charge is 0.179 e. The predicted molar refractivity (Wildman–Crippen MR) is 97.3 cm³/mol. The minimum absolute atomic E-state index is 0.0381. The molecule has 0 saturated carbocycles. The van der Waals surface area contributed by atoms with E-state index in [1.807, 2.05) is 6.07 Å². The number of rotatable bonds is 5. The summed E-state index contributed by atoms with van der Waals surface area (Å²) >= 11 is 2.27. The van der Waals surface area contributed by atoms with Gasteiger partial charge in [0.25, 0.3) is 0 Å². The molecule has 0 N–H and O–H groups in total. The van der Waals surface area contributed by atoms with Gasteiger partial charge in [0.2, 0.25) is 0 Å². The fraction of sp³-hybridized carbons (Fsp3) is 0.571. The molecule has 2 rings (SSSR count). The molecule has 1 aliphatic heterocycles. The Morgan fingerprint density at radius 3 is 2.43 bits per heavy atom. The molecular weight excluding hydrogens is 419 g/mol. The highest BCUT2D eigenvalue weighted by atomic mass is 127. The zero-order valence-electron chi connectivity index (χ0n) is 12.3. The highest BCUT2D eigenvalue weighted by Crippen LogP contribution is 2.27. The lowest BCUT2D eigenvalue weighted by Crippen LogP contribution is -2.56. The largest absolute Gasteiger partial charge is 0.297 e. The van der Waals surface area contributed by atoms with Gasteiger partial charge in [-0.1, -0.05) is 25.1 Å². The van der Waals surface area contributed by atoms with Crippen molar-refractivity contribution in [2.24, 2.45) is 0 Å². The molecular formula is C14H21IN2O2S2. The zero-order valence-corrected chi connectivity index (χ0v) is 16.1. The Kier molecular flexibility index (Phi) is 6.37. The average Bonchev–Trinajstić information content (AvgIpc) is 2.50. The fourth-order valence-electron chi connectivity index (χ4n) is 2.72. The highest BCUT2D eigenvalue weighted by molar-refractivity contribution is 14.2. The van der Waals surface area contributed by atoms with Gasteiger partial charge in [-0.15, -0.1) is 0 Å². The normalized spacial score (nSPS) is 25.1. The lowest BCUT2D eigenvalue weighted by atomic mass is 10.1.